The van der Waals surface area contributed by atoms with Crippen LogP contribution in [0.4, 0.5) is 5.69 Å². The van der Waals surface area contributed by atoms with Crippen LogP contribution in [0.25, 0.3) is 0 Å². The van der Waals surface area contributed by atoms with Gasteiger partial charge in [0.2, 0.25) is 11.8 Å². The maximum absolute atomic E-state index is 12.5. The topological polar surface area (TPSA) is 58.6 Å². The smallest absolute Gasteiger partial charge is 0.243 e. The van der Waals surface area contributed by atoms with E-state index in [2.05, 4.69) is 12.2 Å². The van der Waals surface area contributed by atoms with Crippen molar-refractivity contribution in [2.75, 3.05) is 31.3 Å². The summed E-state index contributed by atoms with van der Waals surface area (Å²) in [5.74, 6) is 1.46. The van der Waals surface area contributed by atoms with Gasteiger partial charge in [-0.05, 0) is 38.2 Å². The largest absolute Gasteiger partial charge is 0.497 e. The normalized spacial score (nSPS) is 11.7. The molecule has 0 spiro atoms. The molecule has 1 aromatic rings. The third-order valence-corrected chi connectivity index (χ3v) is 4.82. The number of likely N-dealkylation sites (N-methyl/N-ethyl adjacent to an activating group) is 1. The predicted octanol–water partition coefficient (Wildman–Crippen LogP) is 3.40. The van der Waals surface area contributed by atoms with Gasteiger partial charge in [-0.2, -0.15) is 0 Å². The molecule has 1 atom stereocenters. The number of carbonyl (C=O) groups is 2. The molecule has 2 amide bonds. The summed E-state index contributed by atoms with van der Waals surface area (Å²) >= 11 is 1.65. The lowest BCUT2D eigenvalue weighted by atomic mass is 10.3. The number of benzene rings is 1. The number of unbranched alkanes of at least 4 members (excludes halogenated alkanes) is 1. The average Bonchev–Trinajstić information content (AvgIpc) is 2.59. The molecule has 0 aliphatic carbocycles. The molecule has 5 nitrogen and oxygen atoms in total. The van der Waals surface area contributed by atoms with Crippen molar-refractivity contribution in [3.05, 3.63) is 24.3 Å². The summed E-state index contributed by atoms with van der Waals surface area (Å²) in [6.45, 7) is 6.51. The van der Waals surface area contributed by atoms with Gasteiger partial charge < -0.3 is 15.0 Å². The molecular formula is C18H28N2O3S. The zero-order chi connectivity index (χ0) is 17.9. The van der Waals surface area contributed by atoms with Crippen LogP contribution in [0.2, 0.25) is 0 Å². The van der Waals surface area contributed by atoms with E-state index < -0.39 is 0 Å². The summed E-state index contributed by atoms with van der Waals surface area (Å²) in [6.07, 6.45) is 2.22. The number of nitrogens with zero attached hydrogens (tertiary/aromatic N) is 1. The van der Waals surface area contributed by atoms with Crippen molar-refractivity contribution in [1.82, 2.24) is 4.90 Å². The molecule has 24 heavy (non-hydrogen) atoms. The first kappa shape index (κ1) is 20.4. The van der Waals surface area contributed by atoms with Crippen molar-refractivity contribution >= 4 is 29.3 Å². The molecule has 0 aliphatic heterocycles. The lowest BCUT2D eigenvalue weighted by molar-refractivity contribution is -0.133. The number of methoxy groups -OCH3 is 1. The van der Waals surface area contributed by atoms with Crippen LogP contribution in [0.1, 0.15) is 33.6 Å². The molecule has 1 aromatic carbocycles. The fourth-order valence-corrected chi connectivity index (χ4v) is 3.25. The Hall–Kier alpha value is -1.69. The molecule has 0 radical (unpaired) electrons. The fourth-order valence-electron chi connectivity index (χ4n) is 2.15. The van der Waals surface area contributed by atoms with Crippen molar-refractivity contribution < 1.29 is 14.3 Å². The van der Waals surface area contributed by atoms with Gasteiger partial charge >= 0.3 is 0 Å². The van der Waals surface area contributed by atoms with Gasteiger partial charge in [0.05, 0.1) is 18.9 Å². The molecule has 0 saturated carbocycles. The number of nitrogens with one attached hydrogen (secondary N) is 1. The second kappa shape index (κ2) is 11.0. The van der Waals surface area contributed by atoms with Crippen LogP contribution in [0.15, 0.2) is 24.3 Å². The number of thioether (sulfide) groups is 1. The molecule has 6 heteroatoms. The van der Waals surface area contributed by atoms with E-state index in [-0.39, 0.29) is 23.6 Å². The van der Waals surface area contributed by atoms with Gasteiger partial charge in [-0.25, -0.2) is 0 Å². The molecule has 0 bridgehead atoms. The lowest BCUT2D eigenvalue weighted by Crippen LogP contribution is -2.41. The molecule has 1 unspecified atom stereocenters. The highest BCUT2D eigenvalue weighted by atomic mass is 32.2. The fraction of sp³-hybridized carbons (Fsp3) is 0.556. The van der Waals surface area contributed by atoms with E-state index in [0.717, 1.165) is 18.6 Å². The van der Waals surface area contributed by atoms with Crippen LogP contribution in [-0.4, -0.2) is 47.9 Å². The van der Waals surface area contributed by atoms with E-state index in [1.54, 1.807) is 35.9 Å². The first-order valence-electron chi connectivity index (χ1n) is 8.36. The molecule has 0 fully saturated rings. The van der Waals surface area contributed by atoms with Crippen LogP contribution in [0, 0.1) is 0 Å². The Morgan fingerprint density at radius 2 is 2.08 bits per heavy atom. The summed E-state index contributed by atoms with van der Waals surface area (Å²) in [6, 6.07) is 7.16. The highest BCUT2D eigenvalue weighted by Crippen LogP contribution is 2.17. The van der Waals surface area contributed by atoms with Crippen LogP contribution in [-0.2, 0) is 9.59 Å². The number of hydrogen-bond donors (Lipinski definition) is 1. The van der Waals surface area contributed by atoms with Gasteiger partial charge in [0.1, 0.15) is 5.75 Å². The Balaban J connectivity index is 2.56. The molecular weight excluding hydrogens is 324 g/mol. The van der Waals surface area contributed by atoms with Gasteiger partial charge in [-0.15, -0.1) is 11.8 Å². The summed E-state index contributed by atoms with van der Waals surface area (Å²) < 4.78 is 5.14. The van der Waals surface area contributed by atoms with E-state index in [1.807, 2.05) is 26.0 Å². The van der Waals surface area contributed by atoms with Crippen LogP contribution < -0.4 is 10.1 Å². The number of anilines is 1. The number of hydrogen-bond acceptors (Lipinski definition) is 4. The van der Waals surface area contributed by atoms with Crippen LogP contribution in [0.5, 0.6) is 5.75 Å². The first-order chi connectivity index (χ1) is 11.5. The summed E-state index contributed by atoms with van der Waals surface area (Å²) in [5.41, 5.74) is 0.660. The molecule has 0 aliphatic rings. The van der Waals surface area contributed by atoms with E-state index >= 15 is 0 Å². The van der Waals surface area contributed by atoms with Gasteiger partial charge in [0.15, 0.2) is 0 Å². The maximum Gasteiger partial charge on any atom is 0.243 e. The summed E-state index contributed by atoms with van der Waals surface area (Å²) in [5, 5.41) is 2.68. The summed E-state index contributed by atoms with van der Waals surface area (Å²) in [4.78, 5) is 26.3. The Labute approximate surface area is 149 Å². The summed E-state index contributed by atoms with van der Waals surface area (Å²) in [7, 11) is 1.58. The highest BCUT2D eigenvalue weighted by Gasteiger charge is 2.21. The Bertz CT molecular complexity index is 537. The zero-order valence-corrected chi connectivity index (χ0v) is 15.8. The quantitative estimate of drug-likeness (QED) is 0.656. The number of amides is 2. The van der Waals surface area contributed by atoms with E-state index in [0.29, 0.717) is 18.0 Å². The minimum Gasteiger partial charge on any atom is -0.497 e. The second-order valence-corrected chi connectivity index (χ2v) is 6.95. The number of carbonyl (C=O) groups excluding carboxylic acids is 2. The van der Waals surface area contributed by atoms with Gasteiger partial charge in [-0.3, -0.25) is 9.59 Å². The zero-order valence-electron chi connectivity index (χ0n) is 15.0. The molecule has 1 rings (SSSR count). The molecule has 0 aromatic heterocycles. The third-order valence-electron chi connectivity index (χ3n) is 3.59. The van der Waals surface area contributed by atoms with E-state index in [1.165, 1.54) is 0 Å². The highest BCUT2D eigenvalue weighted by molar-refractivity contribution is 8.00. The van der Waals surface area contributed by atoms with Crippen molar-refractivity contribution in [1.29, 1.82) is 0 Å². The standard InChI is InChI=1S/C18H28N2O3S/c1-5-7-11-24-14(3)18(22)20(6-2)13-17(21)19-15-9-8-10-16(12-15)23-4/h8-10,12,14H,5-7,11,13H2,1-4H3,(H,19,21). The Morgan fingerprint density at radius 3 is 2.71 bits per heavy atom. The minimum atomic E-state index is -0.204. The van der Waals surface area contributed by atoms with Crippen molar-refractivity contribution in [2.45, 2.75) is 38.9 Å². The number of ether oxygens (including phenoxy) is 1. The van der Waals surface area contributed by atoms with Gasteiger partial charge in [0, 0.05) is 18.3 Å². The molecule has 1 N–H and O–H groups in total. The second-order valence-electron chi connectivity index (χ2n) is 5.50. The van der Waals surface area contributed by atoms with Crippen molar-refractivity contribution in [3.8, 4) is 5.75 Å². The molecule has 134 valence electrons. The van der Waals surface area contributed by atoms with Gasteiger partial charge in [-0.1, -0.05) is 19.4 Å². The van der Waals surface area contributed by atoms with Gasteiger partial charge in [0.25, 0.3) is 0 Å². The van der Waals surface area contributed by atoms with Crippen LogP contribution in [0.3, 0.4) is 0 Å². The van der Waals surface area contributed by atoms with Crippen LogP contribution >= 0.6 is 11.8 Å². The Kier molecular flexibility index (Phi) is 9.30. The maximum atomic E-state index is 12.5. The lowest BCUT2D eigenvalue weighted by Gasteiger charge is -2.23. The molecule has 0 heterocycles. The predicted molar refractivity (Wildman–Crippen MR) is 101 cm³/mol. The first-order valence-corrected chi connectivity index (χ1v) is 9.40. The molecule has 0 saturated heterocycles. The van der Waals surface area contributed by atoms with E-state index in [9.17, 15) is 9.59 Å². The Morgan fingerprint density at radius 1 is 1.33 bits per heavy atom. The monoisotopic (exact) mass is 352 g/mol. The minimum absolute atomic E-state index is 0.0133. The van der Waals surface area contributed by atoms with Crippen molar-refractivity contribution in [2.24, 2.45) is 0 Å². The number of rotatable bonds is 10. The SMILES string of the molecule is CCCCSC(C)C(=O)N(CC)CC(=O)Nc1cccc(OC)c1. The third kappa shape index (κ3) is 6.83. The average molecular weight is 353 g/mol. The van der Waals surface area contributed by atoms with E-state index in [4.69, 9.17) is 4.74 Å². The van der Waals surface area contributed by atoms with Crippen molar-refractivity contribution in [3.63, 3.8) is 0 Å².